The predicted octanol–water partition coefficient (Wildman–Crippen LogP) is 6.36. The van der Waals surface area contributed by atoms with Crippen molar-refractivity contribution in [1.29, 1.82) is 0 Å². The number of benzene rings is 1. The highest BCUT2D eigenvalue weighted by atomic mass is 32.1. The maximum Gasteiger partial charge on any atom is 0.416 e. The van der Waals surface area contributed by atoms with E-state index >= 15 is 0 Å². The fourth-order valence-electron chi connectivity index (χ4n) is 9.66. The highest BCUT2D eigenvalue weighted by Crippen LogP contribution is 2.60. The molecular formula is C44H53F6N7O7S. The Morgan fingerprint density at radius 1 is 0.923 bits per heavy atom. The van der Waals surface area contributed by atoms with Gasteiger partial charge in [0, 0.05) is 68.4 Å². The quantitative estimate of drug-likeness (QED) is 0.196. The van der Waals surface area contributed by atoms with Crippen LogP contribution in [0.25, 0.3) is 0 Å². The van der Waals surface area contributed by atoms with E-state index in [1.165, 1.54) is 39.1 Å². The van der Waals surface area contributed by atoms with E-state index in [2.05, 4.69) is 10.1 Å². The summed E-state index contributed by atoms with van der Waals surface area (Å²) in [7, 11) is 0. The van der Waals surface area contributed by atoms with Crippen molar-refractivity contribution in [2.75, 3.05) is 45.9 Å². The molecule has 8 rings (SSSR count). The largest absolute Gasteiger partial charge is 0.481 e. The molecule has 65 heavy (non-hydrogen) atoms. The standard InChI is InChI=1S/C24H23F6N5O3.C20H30N2O4S/c25-23(26,27)16-3-1-14(2-4-16)8-35-9-15(7-32-35)19(37)33-10-17(18(31)36)21(11-33)12-34(13-21)20(38)22(5-6-22)24(28,29)30;1-15(26-14-20(19(24)25)7-3-2-4-8-20)13-17(23)22-10-5-16(6-11-22)18-21-9-12-27-18/h1-4,7,9,17H,5-6,8,10-13H2,(H2,31,36);9,12,15-16H,2-8,10-11,13-14H2,1H3,(H,24,25)/t;15-/m.1/s1. The maximum atomic E-state index is 13.4. The van der Waals surface area contributed by atoms with Gasteiger partial charge >= 0.3 is 18.3 Å². The van der Waals surface area contributed by atoms with Gasteiger partial charge in [-0.05, 0) is 63.1 Å². The average Bonchev–Trinajstić information content (AvgIpc) is 3.54. The first-order chi connectivity index (χ1) is 30.6. The number of alkyl halides is 6. The number of halogens is 6. The van der Waals surface area contributed by atoms with Crippen molar-refractivity contribution >= 4 is 40.9 Å². The van der Waals surface area contributed by atoms with Crippen molar-refractivity contribution in [3.8, 4) is 0 Å². The summed E-state index contributed by atoms with van der Waals surface area (Å²) in [5.41, 5.74) is 1.42. The van der Waals surface area contributed by atoms with E-state index in [-0.39, 0.29) is 69.7 Å². The summed E-state index contributed by atoms with van der Waals surface area (Å²) >= 11 is 1.69. The second-order valence-electron chi connectivity index (χ2n) is 18.4. The summed E-state index contributed by atoms with van der Waals surface area (Å²) in [4.78, 5) is 71.0. The summed E-state index contributed by atoms with van der Waals surface area (Å²) in [6.45, 7) is 3.49. The summed E-state index contributed by atoms with van der Waals surface area (Å²) in [5, 5.41) is 16.9. The van der Waals surface area contributed by atoms with Crippen LogP contribution in [0, 0.1) is 22.2 Å². The molecular weight excluding hydrogens is 885 g/mol. The van der Waals surface area contributed by atoms with E-state index in [0.29, 0.717) is 30.7 Å². The van der Waals surface area contributed by atoms with Gasteiger partial charge in [0.2, 0.25) is 17.7 Å². The Balaban J connectivity index is 0.000000206. The topological polar surface area (TPSA) is 181 Å². The zero-order valence-corrected chi connectivity index (χ0v) is 36.7. The molecule has 5 heterocycles. The number of nitrogens with two attached hydrogens (primary N) is 1. The van der Waals surface area contributed by atoms with E-state index in [4.69, 9.17) is 10.5 Å². The van der Waals surface area contributed by atoms with Gasteiger partial charge in [0.1, 0.15) is 5.41 Å². The number of ether oxygens (including phenoxy) is 1. The maximum absolute atomic E-state index is 13.4. The van der Waals surface area contributed by atoms with E-state index in [1.54, 1.807) is 11.3 Å². The number of carboxylic acid groups (broad SMARTS) is 1. The van der Waals surface area contributed by atoms with Crippen LogP contribution in [0.15, 0.2) is 48.2 Å². The molecule has 1 aromatic carbocycles. The van der Waals surface area contributed by atoms with Gasteiger partial charge in [0.15, 0.2) is 0 Å². The second-order valence-corrected chi connectivity index (χ2v) is 19.3. The zero-order valence-electron chi connectivity index (χ0n) is 35.9. The van der Waals surface area contributed by atoms with Crippen LogP contribution in [-0.2, 0) is 36.6 Å². The Morgan fingerprint density at radius 2 is 1.57 bits per heavy atom. The zero-order chi connectivity index (χ0) is 47.0. The number of thiazole rings is 1. The van der Waals surface area contributed by atoms with Crippen LogP contribution in [0.4, 0.5) is 26.3 Å². The molecule has 4 amide bonds. The first-order valence-corrected chi connectivity index (χ1v) is 22.7. The Labute approximate surface area is 375 Å². The van der Waals surface area contributed by atoms with Crippen LogP contribution in [0.5, 0.6) is 0 Å². The molecule has 2 aliphatic carbocycles. The predicted molar refractivity (Wildman–Crippen MR) is 222 cm³/mol. The molecule has 1 spiro atoms. The van der Waals surface area contributed by atoms with Crippen molar-refractivity contribution in [3.05, 3.63) is 69.9 Å². The molecule has 2 atom stereocenters. The number of aromatic nitrogens is 3. The molecule has 2 saturated carbocycles. The molecule has 5 aliphatic rings. The summed E-state index contributed by atoms with van der Waals surface area (Å²) in [5.74, 6) is -3.22. The van der Waals surface area contributed by atoms with Crippen LogP contribution in [0.2, 0.25) is 0 Å². The fraction of sp³-hybridized carbons (Fsp3) is 0.614. The second kappa shape index (κ2) is 18.7. The lowest BCUT2D eigenvalue weighted by Gasteiger charge is -2.51. The number of aliphatic carboxylic acids is 1. The molecule has 5 fully saturated rings. The molecule has 3 aliphatic heterocycles. The minimum absolute atomic E-state index is 0.0340. The first-order valence-electron chi connectivity index (χ1n) is 21.8. The van der Waals surface area contributed by atoms with Crippen molar-refractivity contribution in [3.63, 3.8) is 0 Å². The number of carboxylic acids is 1. The lowest BCUT2D eigenvalue weighted by Crippen LogP contribution is -2.65. The van der Waals surface area contributed by atoms with Gasteiger partial charge < -0.3 is 30.3 Å². The van der Waals surface area contributed by atoms with Gasteiger partial charge in [0.05, 0.1) is 59.3 Å². The van der Waals surface area contributed by atoms with Crippen LogP contribution in [0.1, 0.15) is 104 Å². The third kappa shape index (κ3) is 10.3. The lowest BCUT2D eigenvalue weighted by molar-refractivity contribution is -0.205. The molecule has 354 valence electrons. The number of piperidine rings is 1. The number of likely N-dealkylation sites (tertiary alicyclic amines) is 3. The SMILES string of the molecule is C[C@H](CC(=O)N1CCC(c2nccs2)CC1)OCC1(C(=O)O)CCCCC1.NC(=O)C1CN(C(=O)c2cnn(Cc3ccc(C(F)(F)F)cc3)c2)CC12CN(C(=O)C1(C(F)(F)F)CC1)C2. The number of nitrogens with zero attached hydrogens (tertiary/aromatic N) is 6. The van der Waals surface area contributed by atoms with Crippen molar-refractivity contribution in [2.24, 2.45) is 27.9 Å². The summed E-state index contributed by atoms with van der Waals surface area (Å²) in [6, 6.07) is 4.51. The van der Waals surface area contributed by atoms with Crippen molar-refractivity contribution < 1.29 is 60.2 Å². The van der Waals surface area contributed by atoms with Crippen LogP contribution in [0.3, 0.4) is 0 Å². The Kier molecular flexibility index (Phi) is 13.8. The number of hydrogen-bond acceptors (Lipinski definition) is 9. The molecule has 3 aromatic rings. The number of amides is 4. The Morgan fingerprint density at radius 3 is 2.12 bits per heavy atom. The minimum atomic E-state index is -4.64. The van der Waals surface area contributed by atoms with E-state index in [1.807, 2.05) is 23.4 Å². The first kappa shape index (κ1) is 47.9. The third-order valence-electron chi connectivity index (χ3n) is 13.8. The van der Waals surface area contributed by atoms with Gasteiger partial charge in [-0.1, -0.05) is 31.4 Å². The van der Waals surface area contributed by atoms with Gasteiger partial charge in [-0.2, -0.15) is 31.4 Å². The normalized spacial score (nSPS) is 21.8. The highest BCUT2D eigenvalue weighted by Gasteiger charge is 2.71. The number of carbonyl (C=O) groups excluding carboxylic acids is 4. The number of primary amides is 1. The summed E-state index contributed by atoms with van der Waals surface area (Å²) in [6.07, 6.45) is 1.21. The number of rotatable bonds is 12. The Hall–Kier alpha value is -5.05. The number of hydrogen-bond donors (Lipinski definition) is 2. The lowest BCUT2D eigenvalue weighted by atomic mass is 9.70. The smallest absolute Gasteiger partial charge is 0.416 e. The third-order valence-corrected chi connectivity index (χ3v) is 14.7. The van der Waals surface area contributed by atoms with Crippen molar-refractivity contribution in [1.82, 2.24) is 29.5 Å². The molecule has 3 saturated heterocycles. The molecule has 2 aromatic heterocycles. The van der Waals surface area contributed by atoms with E-state index < -0.39 is 63.8 Å². The molecule has 3 N–H and O–H groups in total. The van der Waals surface area contributed by atoms with E-state index in [0.717, 1.165) is 62.2 Å². The summed E-state index contributed by atoms with van der Waals surface area (Å²) < 4.78 is 85.6. The van der Waals surface area contributed by atoms with Crippen LogP contribution in [-0.4, -0.2) is 122 Å². The van der Waals surface area contributed by atoms with E-state index in [9.17, 15) is 55.4 Å². The average molecular weight is 938 g/mol. The highest BCUT2D eigenvalue weighted by molar-refractivity contribution is 7.09. The number of carbonyl (C=O) groups is 5. The van der Waals surface area contributed by atoms with Crippen LogP contribution >= 0.6 is 11.3 Å². The van der Waals surface area contributed by atoms with Crippen molar-refractivity contribution in [2.45, 2.75) is 102 Å². The van der Waals surface area contributed by atoms with Gasteiger partial charge in [-0.15, -0.1) is 11.3 Å². The molecule has 1 unspecified atom stereocenters. The molecule has 0 radical (unpaired) electrons. The van der Waals surface area contributed by atoms with Gasteiger partial charge in [-0.25, -0.2) is 4.98 Å². The Bertz CT molecular complexity index is 2190. The fourth-order valence-corrected chi connectivity index (χ4v) is 10.5. The molecule has 0 bridgehead atoms. The molecule has 14 nitrogen and oxygen atoms in total. The van der Waals surface area contributed by atoms with Crippen LogP contribution < -0.4 is 5.73 Å². The van der Waals surface area contributed by atoms with Gasteiger partial charge in [0.25, 0.3) is 5.91 Å². The monoisotopic (exact) mass is 937 g/mol. The van der Waals surface area contributed by atoms with Gasteiger partial charge in [-0.3, -0.25) is 28.7 Å². The molecule has 21 heteroatoms. The minimum Gasteiger partial charge on any atom is -0.481 e.